The van der Waals surface area contributed by atoms with Crippen LogP contribution in [0, 0.1) is 11.3 Å². The summed E-state index contributed by atoms with van der Waals surface area (Å²) >= 11 is 0. The number of carbonyl (C=O) groups is 5. The fourth-order valence-corrected chi connectivity index (χ4v) is 9.53. The van der Waals surface area contributed by atoms with Gasteiger partial charge in [0.1, 0.15) is 17.8 Å². The van der Waals surface area contributed by atoms with Gasteiger partial charge in [0.05, 0.1) is 74.7 Å². The van der Waals surface area contributed by atoms with E-state index in [4.69, 9.17) is 39.4 Å². The summed E-state index contributed by atoms with van der Waals surface area (Å²) in [4.78, 5) is 91.6. The highest BCUT2D eigenvalue weighted by Gasteiger charge is 2.37. The molecule has 3 unspecified atom stereocenters. The highest BCUT2D eigenvalue weighted by molar-refractivity contribution is 6.07. The van der Waals surface area contributed by atoms with Gasteiger partial charge in [0, 0.05) is 60.9 Å². The number of carbonyl (C=O) groups excluding carboxylic acids is 5. The van der Waals surface area contributed by atoms with Gasteiger partial charge in [-0.15, -0.1) is 0 Å². The van der Waals surface area contributed by atoms with Crippen molar-refractivity contribution < 1.29 is 52.7 Å². The van der Waals surface area contributed by atoms with Gasteiger partial charge >= 0.3 is 0 Å². The first-order valence-corrected chi connectivity index (χ1v) is 26.2. The Bertz CT molecular complexity index is 3060. The number of hydrogen-bond acceptors (Lipinski definition) is 14. The lowest BCUT2D eigenvalue weighted by molar-refractivity contribution is -0.212. The fraction of sp³-hybridized carbons (Fsp3) is 0.407. The number of hydrogen-bond donors (Lipinski definition) is 4. The highest BCUT2D eigenvalue weighted by Crippen LogP contribution is 2.42. The summed E-state index contributed by atoms with van der Waals surface area (Å²) in [6, 6.07) is 19.2. The normalized spacial score (nSPS) is 17.9. The average Bonchev–Trinajstić information content (AvgIpc) is 4.01. The second-order valence-corrected chi connectivity index (χ2v) is 21.4. The Kier molecular flexibility index (Phi) is 17.1. The van der Waals surface area contributed by atoms with E-state index in [0.717, 1.165) is 28.0 Å². The summed E-state index contributed by atoms with van der Waals surface area (Å²) < 4.78 is 23.0. The molecule has 0 spiro atoms. The molecule has 4 aromatic rings. The molecule has 0 saturated heterocycles. The second-order valence-electron chi connectivity index (χ2n) is 21.4. The van der Waals surface area contributed by atoms with E-state index in [1.165, 1.54) is 14.2 Å². The summed E-state index contributed by atoms with van der Waals surface area (Å²) in [5.74, 6) is 0.115. The smallest absolute Gasteiger partial charge is 0.260 e. The van der Waals surface area contributed by atoms with Crippen molar-refractivity contribution in [2.75, 3.05) is 39.9 Å². The van der Waals surface area contributed by atoms with Gasteiger partial charge in [-0.2, -0.15) is 4.89 Å². The van der Waals surface area contributed by atoms with Gasteiger partial charge < -0.3 is 55.3 Å². The molecule has 412 valence electrons. The van der Waals surface area contributed by atoms with Crippen LogP contribution in [0.4, 0.5) is 17.1 Å². The third-order valence-electron chi connectivity index (χ3n) is 14.3. The molecule has 5 amide bonds. The summed E-state index contributed by atoms with van der Waals surface area (Å²) in [5.41, 5.74) is 10.6. The van der Waals surface area contributed by atoms with E-state index in [1.807, 2.05) is 83.4 Å². The van der Waals surface area contributed by atoms with Crippen molar-refractivity contribution in [2.45, 2.75) is 110 Å². The van der Waals surface area contributed by atoms with Crippen LogP contribution in [-0.4, -0.2) is 116 Å². The van der Waals surface area contributed by atoms with E-state index in [-0.39, 0.29) is 48.8 Å². The molecule has 4 aromatic carbocycles. The number of amides is 5. The van der Waals surface area contributed by atoms with Crippen molar-refractivity contribution in [3.63, 3.8) is 0 Å². The van der Waals surface area contributed by atoms with Gasteiger partial charge in [-0.3, -0.25) is 34.0 Å². The maximum Gasteiger partial charge on any atom is 0.260 e. The van der Waals surface area contributed by atoms with Crippen LogP contribution in [0.25, 0.3) is 11.1 Å². The van der Waals surface area contributed by atoms with E-state index < -0.39 is 40.8 Å². The lowest BCUT2D eigenvalue weighted by Gasteiger charge is -2.29. The first kappa shape index (κ1) is 56.2. The Hall–Kier alpha value is -8.03. The first-order valence-electron chi connectivity index (χ1n) is 26.2. The summed E-state index contributed by atoms with van der Waals surface area (Å²) in [5, 5.41) is 8.33. The van der Waals surface area contributed by atoms with Crippen molar-refractivity contribution in [2.24, 2.45) is 27.1 Å². The summed E-state index contributed by atoms with van der Waals surface area (Å²) in [6.07, 6.45) is 10.0. The van der Waals surface area contributed by atoms with Gasteiger partial charge in [-0.05, 0) is 91.3 Å². The Labute approximate surface area is 455 Å². The zero-order chi connectivity index (χ0) is 56.1. The van der Waals surface area contributed by atoms with Crippen LogP contribution in [-0.2, 0) is 19.3 Å². The number of benzene rings is 4. The molecule has 4 heterocycles. The predicted molar refractivity (Wildman–Crippen MR) is 298 cm³/mol. The van der Waals surface area contributed by atoms with Crippen LogP contribution in [0.15, 0.2) is 95.2 Å². The molecule has 19 nitrogen and oxygen atoms in total. The maximum atomic E-state index is 14.2. The minimum absolute atomic E-state index is 0.194. The number of fused-ring (bicyclic) bond motifs is 4. The van der Waals surface area contributed by atoms with Gasteiger partial charge in [-0.25, -0.2) is 0 Å². The molecule has 0 aromatic heterocycles. The Morgan fingerprint density at radius 3 is 1.77 bits per heavy atom. The molecule has 5 atom stereocenters. The fourth-order valence-electron chi connectivity index (χ4n) is 9.53. The van der Waals surface area contributed by atoms with Crippen LogP contribution in [0.5, 0.6) is 28.7 Å². The first-order chi connectivity index (χ1) is 37.2. The molecule has 0 aliphatic carbocycles. The molecule has 8 rings (SSSR count). The van der Waals surface area contributed by atoms with Crippen LogP contribution in [0.3, 0.4) is 0 Å². The lowest BCUT2D eigenvalue weighted by Crippen LogP contribution is -2.59. The molecule has 4 aliphatic heterocycles. The van der Waals surface area contributed by atoms with Crippen LogP contribution >= 0.6 is 0 Å². The highest BCUT2D eigenvalue weighted by atomic mass is 17.2. The number of anilines is 1. The van der Waals surface area contributed by atoms with Crippen molar-refractivity contribution in [3.05, 3.63) is 107 Å². The predicted octanol–water partition coefficient (Wildman–Crippen LogP) is 8.56. The molecule has 19 heteroatoms. The summed E-state index contributed by atoms with van der Waals surface area (Å²) in [6.45, 7) is 13.3. The van der Waals surface area contributed by atoms with Gasteiger partial charge in [0.2, 0.25) is 23.5 Å². The van der Waals surface area contributed by atoms with Gasteiger partial charge in [0.15, 0.2) is 17.2 Å². The molecular weight excluding hydrogens is 997 g/mol. The van der Waals surface area contributed by atoms with Crippen molar-refractivity contribution in [3.8, 4) is 28.7 Å². The number of nitrogens with zero attached hydrogens (tertiary/aromatic N) is 4. The molecular formula is C59H70N8O11. The Morgan fingerprint density at radius 2 is 1.24 bits per heavy atom. The monoisotopic (exact) mass is 1070 g/mol. The Balaban J connectivity index is 0.832. The number of aliphatic imine (C=N–C) groups is 2. The standard InChI is InChI=1S/C59H70N8O11/c1-11-20-59(7,60)57(72)65-52(34(2)3)54(69)63-35(4)53(68)64-40-16-12-36(13-17-40)38-23-41-29-61-46-27-50(48(74-9)25-44(46)55(70)66(41)31-38)76-33-58(5,6)21-22-77-78-51-28-47-45(26-49(51)75-10)56(71)67-32-39(24-42(67)30-62-47)37-14-18-43(73-8)19-15-37/h12-19,25-32,34-35,41-42,52H,11,20-24,33,60H2,1-10H3,(H,63,69)(H,64,68)(H,65,72)/t35-,41?,42-,52?,59?/m0/s1. The lowest BCUT2D eigenvalue weighted by atomic mass is 9.91. The molecule has 0 saturated carbocycles. The van der Waals surface area contributed by atoms with E-state index in [0.29, 0.717) is 77.5 Å². The number of rotatable bonds is 22. The molecule has 5 N–H and O–H groups in total. The number of nitrogens with two attached hydrogens (primary N) is 1. The number of nitrogens with one attached hydrogen (secondary N) is 3. The topological polar surface area (TPSA) is 234 Å². The maximum absolute atomic E-state index is 14.2. The van der Waals surface area contributed by atoms with E-state index in [9.17, 15) is 24.0 Å². The van der Waals surface area contributed by atoms with Crippen molar-refractivity contribution in [1.82, 2.24) is 20.4 Å². The van der Waals surface area contributed by atoms with E-state index in [2.05, 4.69) is 20.9 Å². The molecule has 0 fully saturated rings. The molecule has 4 aliphatic rings. The third-order valence-corrected chi connectivity index (χ3v) is 14.3. The van der Waals surface area contributed by atoms with E-state index in [1.54, 1.807) is 79.6 Å². The zero-order valence-electron chi connectivity index (χ0n) is 45.9. The molecule has 78 heavy (non-hydrogen) atoms. The quantitative estimate of drug-likeness (QED) is 0.0329. The van der Waals surface area contributed by atoms with Gasteiger partial charge in [-0.1, -0.05) is 65.3 Å². The zero-order valence-corrected chi connectivity index (χ0v) is 45.9. The SMILES string of the molecule is CCCC(C)(N)C(=O)NC(C(=O)N[C@@H](C)C(=O)Nc1ccc(C2=CN3C(=O)c4cc(OC)c(OCC(C)(C)CCOOc5cc6c(cc5OC)C(=O)N5C=C(c7ccc(OC)cc7)C[C@H]5C=N6)cc4N=CC3C2)cc1)C(C)C. The van der Waals surface area contributed by atoms with Crippen LogP contribution in [0.2, 0.25) is 0 Å². The Morgan fingerprint density at radius 1 is 0.705 bits per heavy atom. The summed E-state index contributed by atoms with van der Waals surface area (Å²) in [7, 11) is 4.64. The second kappa shape index (κ2) is 23.7. The number of methoxy groups -OCH3 is 3. The van der Waals surface area contributed by atoms with Crippen molar-refractivity contribution in [1.29, 1.82) is 0 Å². The average molecular weight is 1070 g/mol. The van der Waals surface area contributed by atoms with E-state index >= 15 is 0 Å². The van der Waals surface area contributed by atoms with Crippen LogP contribution < -0.4 is 45.5 Å². The largest absolute Gasteiger partial charge is 0.497 e. The minimum Gasteiger partial charge on any atom is -0.497 e. The van der Waals surface area contributed by atoms with Crippen molar-refractivity contribution >= 4 is 70.2 Å². The van der Waals surface area contributed by atoms with Crippen LogP contribution in [0.1, 0.15) is 112 Å². The molecule has 0 bridgehead atoms. The van der Waals surface area contributed by atoms with Gasteiger partial charge in [0.25, 0.3) is 11.8 Å². The number of ether oxygens (including phenoxy) is 4. The third kappa shape index (κ3) is 12.5. The molecule has 0 radical (unpaired) electrons. The minimum atomic E-state index is -1.13.